The van der Waals surface area contributed by atoms with Crippen molar-refractivity contribution in [1.29, 1.82) is 0 Å². The maximum atomic E-state index is 3.53. The fourth-order valence-corrected chi connectivity index (χ4v) is 3.21. The third-order valence-electron chi connectivity index (χ3n) is 4.54. The summed E-state index contributed by atoms with van der Waals surface area (Å²) in [4.78, 5) is 0. The smallest absolute Gasteiger partial charge is 0.00179 e. The molecule has 1 saturated carbocycles. The molecule has 0 amide bonds. The highest BCUT2D eigenvalue weighted by molar-refractivity contribution is 5.30. The number of aryl methyl sites for hydroxylation is 2. The first-order valence-electron chi connectivity index (χ1n) is 7.47. The van der Waals surface area contributed by atoms with E-state index in [-0.39, 0.29) is 0 Å². The van der Waals surface area contributed by atoms with E-state index in [1.54, 1.807) is 0 Å². The molecule has 0 heterocycles. The van der Waals surface area contributed by atoms with Crippen molar-refractivity contribution < 1.29 is 0 Å². The van der Waals surface area contributed by atoms with Crippen LogP contribution in [0, 0.1) is 25.7 Å². The molecule has 1 aliphatic carbocycles. The molecule has 2 atom stereocenters. The van der Waals surface area contributed by atoms with Crippen molar-refractivity contribution >= 4 is 0 Å². The van der Waals surface area contributed by atoms with Crippen LogP contribution in [-0.2, 0) is 6.42 Å². The monoisotopic (exact) mass is 245 g/mol. The second-order valence-electron chi connectivity index (χ2n) is 5.88. The highest BCUT2D eigenvalue weighted by atomic mass is 14.8. The molecule has 1 fully saturated rings. The van der Waals surface area contributed by atoms with Gasteiger partial charge < -0.3 is 5.32 Å². The van der Waals surface area contributed by atoms with E-state index in [2.05, 4.69) is 44.3 Å². The minimum absolute atomic E-state index is 0.895. The van der Waals surface area contributed by atoms with Crippen molar-refractivity contribution in [2.24, 2.45) is 11.8 Å². The lowest BCUT2D eigenvalue weighted by atomic mass is 9.88. The standard InChI is InChI=1S/C17H27N/c1-4-18-12-17-7-5-6-16(17)11-15-9-8-13(2)14(3)10-15/h8-10,16-18H,4-7,11-12H2,1-3H3. The molecule has 1 aromatic carbocycles. The molecule has 0 aromatic heterocycles. The van der Waals surface area contributed by atoms with E-state index in [0.29, 0.717) is 0 Å². The zero-order chi connectivity index (χ0) is 13.0. The van der Waals surface area contributed by atoms with Crippen LogP contribution in [0.5, 0.6) is 0 Å². The summed E-state index contributed by atoms with van der Waals surface area (Å²) in [5, 5.41) is 3.53. The van der Waals surface area contributed by atoms with E-state index >= 15 is 0 Å². The van der Waals surface area contributed by atoms with Gasteiger partial charge in [0.05, 0.1) is 0 Å². The normalized spacial score (nSPS) is 23.5. The van der Waals surface area contributed by atoms with Gasteiger partial charge in [0, 0.05) is 0 Å². The van der Waals surface area contributed by atoms with E-state index in [0.717, 1.165) is 18.4 Å². The molecule has 1 N–H and O–H groups in total. The summed E-state index contributed by atoms with van der Waals surface area (Å²) >= 11 is 0. The molecule has 2 rings (SSSR count). The quantitative estimate of drug-likeness (QED) is 0.830. The van der Waals surface area contributed by atoms with Crippen molar-refractivity contribution in [3.63, 3.8) is 0 Å². The van der Waals surface area contributed by atoms with Crippen LogP contribution in [-0.4, -0.2) is 13.1 Å². The van der Waals surface area contributed by atoms with Gasteiger partial charge in [-0.1, -0.05) is 31.5 Å². The summed E-state index contributed by atoms with van der Waals surface area (Å²) in [6.07, 6.45) is 5.54. The number of hydrogen-bond donors (Lipinski definition) is 1. The first-order chi connectivity index (χ1) is 8.70. The Bertz CT molecular complexity index is 383. The summed E-state index contributed by atoms with van der Waals surface area (Å²) in [6.45, 7) is 8.94. The summed E-state index contributed by atoms with van der Waals surface area (Å²) in [5.41, 5.74) is 4.38. The fraction of sp³-hybridized carbons (Fsp3) is 0.647. The Morgan fingerprint density at radius 1 is 1.11 bits per heavy atom. The van der Waals surface area contributed by atoms with Gasteiger partial charge in [0.25, 0.3) is 0 Å². The van der Waals surface area contributed by atoms with Crippen LogP contribution in [0.15, 0.2) is 18.2 Å². The lowest BCUT2D eigenvalue weighted by Crippen LogP contribution is -2.25. The summed E-state index contributed by atoms with van der Waals surface area (Å²) in [6, 6.07) is 6.99. The molecule has 18 heavy (non-hydrogen) atoms. The van der Waals surface area contributed by atoms with Crippen LogP contribution in [0.2, 0.25) is 0 Å². The van der Waals surface area contributed by atoms with Gasteiger partial charge in [0.2, 0.25) is 0 Å². The van der Waals surface area contributed by atoms with Gasteiger partial charge in [-0.3, -0.25) is 0 Å². The van der Waals surface area contributed by atoms with E-state index < -0.39 is 0 Å². The Hall–Kier alpha value is -0.820. The average molecular weight is 245 g/mol. The van der Waals surface area contributed by atoms with Gasteiger partial charge in [0.15, 0.2) is 0 Å². The molecular formula is C17H27N. The van der Waals surface area contributed by atoms with Crippen molar-refractivity contribution in [3.8, 4) is 0 Å². The van der Waals surface area contributed by atoms with Crippen LogP contribution < -0.4 is 5.32 Å². The third-order valence-corrected chi connectivity index (χ3v) is 4.54. The molecule has 1 heteroatoms. The van der Waals surface area contributed by atoms with Gasteiger partial charge in [-0.2, -0.15) is 0 Å². The minimum Gasteiger partial charge on any atom is -0.317 e. The van der Waals surface area contributed by atoms with Gasteiger partial charge in [-0.25, -0.2) is 0 Å². The Kier molecular flexibility index (Phi) is 4.82. The predicted octanol–water partition coefficient (Wildman–Crippen LogP) is 3.87. The average Bonchev–Trinajstić information content (AvgIpc) is 2.79. The minimum atomic E-state index is 0.895. The number of hydrogen-bond acceptors (Lipinski definition) is 1. The van der Waals surface area contributed by atoms with E-state index in [1.807, 2.05) is 0 Å². The molecule has 0 radical (unpaired) electrons. The molecule has 1 aromatic rings. The summed E-state index contributed by atoms with van der Waals surface area (Å²) in [7, 11) is 0. The number of benzene rings is 1. The molecule has 0 aliphatic heterocycles. The van der Waals surface area contributed by atoms with Crippen LogP contribution in [0.3, 0.4) is 0 Å². The van der Waals surface area contributed by atoms with Crippen LogP contribution in [0.25, 0.3) is 0 Å². The Balaban J connectivity index is 1.96. The molecule has 0 saturated heterocycles. The molecular weight excluding hydrogens is 218 g/mol. The molecule has 1 aliphatic rings. The van der Waals surface area contributed by atoms with Gasteiger partial charge >= 0.3 is 0 Å². The Morgan fingerprint density at radius 3 is 2.61 bits per heavy atom. The summed E-state index contributed by atoms with van der Waals surface area (Å²) in [5.74, 6) is 1.79. The predicted molar refractivity (Wildman–Crippen MR) is 79.0 cm³/mol. The number of nitrogens with one attached hydrogen (secondary N) is 1. The number of rotatable bonds is 5. The second-order valence-corrected chi connectivity index (χ2v) is 5.88. The Labute approximate surface area is 112 Å². The molecule has 1 nitrogen and oxygen atoms in total. The lowest BCUT2D eigenvalue weighted by molar-refractivity contribution is 0.368. The van der Waals surface area contributed by atoms with E-state index in [4.69, 9.17) is 0 Å². The van der Waals surface area contributed by atoms with Gasteiger partial charge in [-0.05, 0) is 74.7 Å². The van der Waals surface area contributed by atoms with Crippen molar-refractivity contribution in [1.82, 2.24) is 5.32 Å². The first-order valence-corrected chi connectivity index (χ1v) is 7.47. The Morgan fingerprint density at radius 2 is 1.89 bits per heavy atom. The fourth-order valence-electron chi connectivity index (χ4n) is 3.21. The SMILES string of the molecule is CCNCC1CCCC1Cc1ccc(C)c(C)c1. The van der Waals surface area contributed by atoms with Crippen molar-refractivity contribution in [2.45, 2.75) is 46.5 Å². The zero-order valence-electron chi connectivity index (χ0n) is 12.1. The third kappa shape index (κ3) is 3.35. The van der Waals surface area contributed by atoms with E-state index in [1.165, 1.54) is 48.9 Å². The molecule has 0 spiro atoms. The zero-order valence-corrected chi connectivity index (χ0v) is 12.1. The van der Waals surface area contributed by atoms with Crippen molar-refractivity contribution in [2.75, 3.05) is 13.1 Å². The maximum Gasteiger partial charge on any atom is -0.00179 e. The van der Waals surface area contributed by atoms with Gasteiger partial charge in [-0.15, -0.1) is 0 Å². The lowest BCUT2D eigenvalue weighted by Gasteiger charge is -2.20. The molecule has 100 valence electrons. The van der Waals surface area contributed by atoms with Crippen molar-refractivity contribution in [3.05, 3.63) is 34.9 Å². The van der Waals surface area contributed by atoms with Crippen LogP contribution in [0.1, 0.15) is 42.9 Å². The molecule has 2 unspecified atom stereocenters. The largest absolute Gasteiger partial charge is 0.317 e. The van der Waals surface area contributed by atoms with Gasteiger partial charge in [0.1, 0.15) is 0 Å². The highest BCUT2D eigenvalue weighted by Crippen LogP contribution is 2.34. The maximum absolute atomic E-state index is 3.53. The van der Waals surface area contributed by atoms with E-state index in [9.17, 15) is 0 Å². The first kappa shape index (κ1) is 13.6. The molecule has 0 bridgehead atoms. The van der Waals surface area contributed by atoms with Crippen LogP contribution in [0.4, 0.5) is 0 Å². The summed E-state index contributed by atoms with van der Waals surface area (Å²) < 4.78 is 0. The second kappa shape index (κ2) is 6.38. The highest BCUT2D eigenvalue weighted by Gasteiger charge is 2.26. The van der Waals surface area contributed by atoms with Crippen LogP contribution >= 0.6 is 0 Å². The topological polar surface area (TPSA) is 12.0 Å².